The highest BCUT2D eigenvalue weighted by Gasteiger charge is 2.13. The van der Waals surface area contributed by atoms with Crippen molar-refractivity contribution in [2.75, 3.05) is 0 Å². The molecule has 0 bridgehead atoms. The summed E-state index contributed by atoms with van der Waals surface area (Å²) in [4.78, 5) is 0. The third kappa shape index (κ3) is 3.73. The summed E-state index contributed by atoms with van der Waals surface area (Å²) in [5, 5.41) is 5.09. The van der Waals surface area contributed by atoms with Gasteiger partial charge in [-0.3, -0.25) is 0 Å². The van der Waals surface area contributed by atoms with E-state index in [0.29, 0.717) is 0 Å². The molecule has 0 aliphatic carbocycles. The molecule has 0 radical (unpaired) electrons. The highest BCUT2D eigenvalue weighted by molar-refractivity contribution is 6.31. The molecular formula is C16H17Cl2N. The van der Waals surface area contributed by atoms with Gasteiger partial charge in [-0.1, -0.05) is 53.5 Å². The van der Waals surface area contributed by atoms with E-state index in [-0.39, 0.29) is 12.1 Å². The largest absolute Gasteiger partial charge is 0.304 e. The zero-order valence-electron chi connectivity index (χ0n) is 11.0. The van der Waals surface area contributed by atoms with Gasteiger partial charge in [0.1, 0.15) is 0 Å². The maximum absolute atomic E-state index is 6.21. The van der Waals surface area contributed by atoms with Crippen LogP contribution in [0, 0.1) is 0 Å². The highest BCUT2D eigenvalue weighted by Crippen LogP contribution is 2.25. The van der Waals surface area contributed by atoms with Crippen LogP contribution in [0.25, 0.3) is 0 Å². The summed E-state index contributed by atoms with van der Waals surface area (Å²) in [6.45, 7) is 4.24. The molecule has 19 heavy (non-hydrogen) atoms. The first-order valence-electron chi connectivity index (χ1n) is 6.34. The summed E-state index contributed by atoms with van der Waals surface area (Å²) in [5.41, 5.74) is 2.28. The minimum atomic E-state index is 0.183. The summed E-state index contributed by atoms with van der Waals surface area (Å²) in [6, 6.07) is 16.2. The maximum atomic E-state index is 6.21. The molecule has 1 nitrogen and oxygen atoms in total. The smallest absolute Gasteiger partial charge is 0.0453 e. The van der Waals surface area contributed by atoms with Crippen LogP contribution in [0.5, 0.6) is 0 Å². The van der Waals surface area contributed by atoms with E-state index < -0.39 is 0 Å². The minimum Gasteiger partial charge on any atom is -0.304 e. The predicted octanol–water partition coefficient (Wildman–Crippen LogP) is 5.41. The van der Waals surface area contributed by atoms with Gasteiger partial charge >= 0.3 is 0 Å². The molecule has 0 aromatic heterocycles. The Hall–Kier alpha value is -1.02. The van der Waals surface area contributed by atoms with E-state index in [0.717, 1.165) is 15.6 Å². The average molecular weight is 294 g/mol. The number of hydrogen-bond donors (Lipinski definition) is 1. The fourth-order valence-corrected chi connectivity index (χ4v) is 2.66. The van der Waals surface area contributed by atoms with E-state index in [1.165, 1.54) is 5.56 Å². The van der Waals surface area contributed by atoms with Gasteiger partial charge in [0.2, 0.25) is 0 Å². The van der Waals surface area contributed by atoms with Crippen LogP contribution in [0.2, 0.25) is 10.0 Å². The van der Waals surface area contributed by atoms with Gasteiger partial charge in [-0.25, -0.2) is 0 Å². The van der Waals surface area contributed by atoms with Crippen molar-refractivity contribution in [1.29, 1.82) is 0 Å². The van der Waals surface area contributed by atoms with Gasteiger partial charge in [-0.15, -0.1) is 0 Å². The monoisotopic (exact) mass is 293 g/mol. The molecule has 1 N–H and O–H groups in total. The van der Waals surface area contributed by atoms with E-state index in [9.17, 15) is 0 Å². The van der Waals surface area contributed by atoms with Gasteiger partial charge in [0.05, 0.1) is 0 Å². The van der Waals surface area contributed by atoms with Crippen molar-refractivity contribution in [1.82, 2.24) is 5.32 Å². The first kappa shape index (κ1) is 14.4. The molecule has 0 spiro atoms. The number of hydrogen-bond acceptors (Lipinski definition) is 1. The standard InChI is InChI=1S/C16H17Cl2N/c1-11(13-6-5-7-14(17)10-13)19-12(2)15-8-3-4-9-16(15)18/h3-12,19H,1-2H3. The Bertz CT molecular complexity index is 554. The fraction of sp³-hybridized carbons (Fsp3) is 0.250. The maximum Gasteiger partial charge on any atom is 0.0453 e. The van der Waals surface area contributed by atoms with Gasteiger partial charge in [0, 0.05) is 22.1 Å². The van der Waals surface area contributed by atoms with Gasteiger partial charge < -0.3 is 5.32 Å². The van der Waals surface area contributed by atoms with Crippen molar-refractivity contribution >= 4 is 23.2 Å². The van der Waals surface area contributed by atoms with E-state index in [1.54, 1.807) is 0 Å². The molecule has 0 saturated heterocycles. The van der Waals surface area contributed by atoms with E-state index in [1.807, 2.05) is 42.5 Å². The van der Waals surface area contributed by atoms with Crippen molar-refractivity contribution in [3.63, 3.8) is 0 Å². The van der Waals surface area contributed by atoms with Gasteiger partial charge in [0.25, 0.3) is 0 Å². The second-order valence-electron chi connectivity index (χ2n) is 4.69. The fourth-order valence-electron chi connectivity index (χ4n) is 2.16. The molecule has 2 aromatic carbocycles. The van der Waals surface area contributed by atoms with Crippen LogP contribution in [-0.4, -0.2) is 0 Å². The molecule has 0 aliphatic heterocycles. The van der Waals surface area contributed by atoms with Crippen molar-refractivity contribution in [3.8, 4) is 0 Å². The topological polar surface area (TPSA) is 12.0 Å². The normalized spacial score (nSPS) is 14.1. The summed E-state index contributed by atoms with van der Waals surface area (Å²) in [6.07, 6.45) is 0. The molecule has 2 atom stereocenters. The number of nitrogens with one attached hydrogen (secondary N) is 1. The average Bonchev–Trinajstić information content (AvgIpc) is 2.39. The lowest BCUT2D eigenvalue weighted by Crippen LogP contribution is -2.22. The molecule has 2 aromatic rings. The predicted molar refractivity (Wildman–Crippen MR) is 82.9 cm³/mol. The van der Waals surface area contributed by atoms with E-state index in [2.05, 4.69) is 25.2 Å². The third-order valence-corrected chi connectivity index (χ3v) is 3.80. The quantitative estimate of drug-likeness (QED) is 0.795. The lowest BCUT2D eigenvalue weighted by Gasteiger charge is -2.21. The molecule has 0 saturated carbocycles. The molecular weight excluding hydrogens is 277 g/mol. The highest BCUT2D eigenvalue weighted by atomic mass is 35.5. The van der Waals surface area contributed by atoms with Gasteiger partial charge in [0.15, 0.2) is 0 Å². The van der Waals surface area contributed by atoms with Gasteiger partial charge in [-0.05, 0) is 43.2 Å². The summed E-state index contributed by atoms with van der Waals surface area (Å²) in [7, 11) is 0. The van der Waals surface area contributed by atoms with Crippen LogP contribution in [0.3, 0.4) is 0 Å². The van der Waals surface area contributed by atoms with Crippen molar-refractivity contribution in [2.45, 2.75) is 25.9 Å². The zero-order chi connectivity index (χ0) is 13.8. The molecule has 0 fully saturated rings. The molecule has 3 heteroatoms. The molecule has 2 unspecified atom stereocenters. The third-order valence-electron chi connectivity index (χ3n) is 3.22. The van der Waals surface area contributed by atoms with E-state index in [4.69, 9.17) is 23.2 Å². The Balaban J connectivity index is 2.11. The number of halogens is 2. The van der Waals surface area contributed by atoms with Crippen molar-refractivity contribution < 1.29 is 0 Å². The van der Waals surface area contributed by atoms with Gasteiger partial charge in [-0.2, -0.15) is 0 Å². The summed E-state index contributed by atoms with van der Waals surface area (Å²) < 4.78 is 0. The van der Waals surface area contributed by atoms with Crippen LogP contribution in [0.1, 0.15) is 37.1 Å². The van der Waals surface area contributed by atoms with Crippen LogP contribution in [0.15, 0.2) is 48.5 Å². The first-order valence-corrected chi connectivity index (χ1v) is 7.09. The van der Waals surface area contributed by atoms with Crippen molar-refractivity contribution in [2.24, 2.45) is 0 Å². The first-order chi connectivity index (χ1) is 9.08. The Morgan fingerprint density at radius 1 is 0.895 bits per heavy atom. The lowest BCUT2D eigenvalue weighted by molar-refractivity contribution is 0.495. The lowest BCUT2D eigenvalue weighted by atomic mass is 10.0. The van der Waals surface area contributed by atoms with Crippen molar-refractivity contribution in [3.05, 3.63) is 69.7 Å². The second-order valence-corrected chi connectivity index (χ2v) is 5.53. The Labute approximate surface area is 124 Å². The molecule has 0 amide bonds. The number of benzene rings is 2. The molecule has 100 valence electrons. The molecule has 0 aliphatic rings. The van der Waals surface area contributed by atoms with Crippen LogP contribution < -0.4 is 5.32 Å². The van der Waals surface area contributed by atoms with Crippen LogP contribution in [-0.2, 0) is 0 Å². The Morgan fingerprint density at radius 3 is 2.32 bits per heavy atom. The SMILES string of the molecule is CC(NC(C)c1ccccc1Cl)c1cccc(Cl)c1. The zero-order valence-corrected chi connectivity index (χ0v) is 12.5. The van der Waals surface area contributed by atoms with Crippen LogP contribution in [0.4, 0.5) is 0 Å². The Kier molecular flexibility index (Phi) is 4.87. The van der Waals surface area contributed by atoms with Crippen LogP contribution >= 0.6 is 23.2 Å². The second kappa shape index (κ2) is 6.42. The van der Waals surface area contributed by atoms with E-state index >= 15 is 0 Å². The molecule has 2 rings (SSSR count). The summed E-state index contributed by atoms with van der Waals surface area (Å²) in [5.74, 6) is 0. The summed E-state index contributed by atoms with van der Waals surface area (Å²) >= 11 is 12.2. The number of rotatable bonds is 4. The Morgan fingerprint density at radius 2 is 1.63 bits per heavy atom. The molecule has 0 heterocycles. The minimum absolute atomic E-state index is 0.183.